The van der Waals surface area contributed by atoms with Crippen molar-refractivity contribution in [2.45, 2.75) is 53.6 Å². The van der Waals surface area contributed by atoms with E-state index in [0.29, 0.717) is 0 Å². The lowest BCUT2D eigenvalue weighted by Gasteiger charge is -2.29. The van der Waals surface area contributed by atoms with E-state index in [0.717, 1.165) is 16.5 Å². The molecule has 0 aliphatic carbocycles. The highest BCUT2D eigenvalue weighted by Gasteiger charge is 2.42. The average Bonchev–Trinajstić information content (AvgIpc) is 3.30. The van der Waals surface area contributed by atoms with Gasteiger partial charge >= 0.3 is 0 Å². The molecule has 0 unspecified atom stereocenters. The standard InChI is InChI=1S/C30H32N4S/c1-18-10-11-21(4)27(16-18)33-22(5)17-25(23(33)6)29-28(26-9-7-8-12-31-26)32-30(35)34(29)24-14-19(2)13-20(3)15-24/h7-17,28-29H,1-6H3,(H,32,35)/t28-,29+/m1/s1. The number of benzene rings is 2. The molecule has 2 aromatic heterocycles. The van der Waals surface area contributed by atoms with Crippen LogP contribution < -0.4 is 10.2 Å². The van der Waals surface area contributed by atoms with Crippen molar-refractivity contribution in [1.82, 2.24) is 14.9 Å². The number of aryl methyl sites for hydroxylation is 5. The van der Waals surface area contributed by atoms with E-state index in [2.05, 4.69) is 105 Å². The zero-order chi connectivity index (χ0) is 24.9. The molecule has 1 N–H and O–H groups in total. The van der Waals surface area contributed by atoms with Crippen LogP contribution in [0.3, 0.4) is 0 Å². The van der Waals surface area contributed by atoms with Crippen LogP contribution in [-0.4, -0.2) is 14.7 Å². The van der Waals surface area contributed by atoms with Crippen molar-refractivity contribution in [2.24, 2.45) is 0 Å². The molecule has 2 aromatic carbocycles. The number of aromatic nitrogens is 2. The van der Waals surface area contributed by atoms with Gasteiger partial charge in [-0.2, -0.15) is 0 Å². The number of rotatable bonds is 4. The highest BCUT2D eigenvalue weighted by atomic mass is 32.1. The maximum atomic E-state index is 5.96. The van der Waals surface area contributed by atoms with Crippen LogP contribution in [0, 0.1) is 41.5 Å². The Bertz CT molecular complexity index is 1400. The summed E-state index contributed by atoms with van der Waals surface area (Å²) in [4.78, 5) is 7.00. The van der Waals surface area contributed by atoms with Gasteiger partial charge in [-0.3, -0.25) is 4.98 Å². The Morgan fingerprint density at radius 1 is 0.829 bits per heavy atom. The summed E-state index contributed by atoms with van der Waals surface area (Å²) in [5.41, 5.74) is 12.0. The first kappa shape index (κ1) is 23.3. The van der Waals surface area contributed by atoms with Crippen LogP contribution in [0.25, 0.3) is 5.69 Å². The molecule has 3 heterocycles. The first-order valence-corrected chi connectivity index (χ1v) is 12.5. The number of hydrogen-bond acceptors (Lipinski definition) is 2. The summed E-state index contributed by atoms with van der Waals surface area (Å²) in [5.74, 6) is 0. The molecule has 0 amide bonds. The lowest BCUT2D eigenvalue weighted by Crippen LogP contribution is -2.29. The van der Waals surface area contributed by atoms with E-state index in [9.17, 15) is 0 Å². The zero-order valence-corrected chi connectivity index (χ0v) is 22.1. The number of anilines is 1. The van der Waals surface area contributed by atoms with Gasteiger partial charge in [0.25, 0.3) is 0 Å². The molecule has 178 valence electrons. The molecule has 4 aromatic rings. The largest absolute Gasteiger partial charge is 0.351 e. The number of thiocarbonyl (C=S) groups is 1. The highest BCUT2D eigenvalue weighted by Crippen LogP contribution is 2.44. The van der Waals surface area contributed by atoms with Crippen LogP contribution in [0.1, 0.15) is 57.0 Å². The van der Waals surface area contributed by atoms with Gasteiger partial charge in [0.15, 0.2) is 5.11 Å². The maximum Gasteiger partial charge on any atom is 0.174 e. The summed E-state index contributed by atoms with van der Waals surface area (Å²) in [7, 11) is 0. The van der Waals surface area contributed by atoms with E-state index >= 15 is 0 Å². The van der Waals surface area contributed by atoms with Crippen molar-refractivity contribution in [3.8, 4) is 5.69 Å². The van der Waals surface area contributed by atoms with Crippen molar-refractivity contribution in [3.63, 3.8) is 0 Å². The molecule has 0 bridgehead atoms. The molecule has 0 saturated carbocycles. The molecule has 1 fully saturated rings. The smallest absolute Gasteiger partial charge is 0.174 e. The van der Waals surface area contributed by atoms with Crippen LogP contribution in [0.5, 0.6) is 0 Å². The molecule has 1 saturated heterocycles. The topological polar surface area (TPSA) is 33.1 Å². The molecule has 1 aliphatic heterocycles. The molecular weight excluding hydrogens is 448 g/mol. The highest BCUT2D eigenvalue weighted by molar-refractivity contribution is 7.80. The molecule has 35 heavy (non-hydrogen) atoms. The third-order valence-electron chi connectivity index (χ3n) is 6.98. The van der Waals surface area contributed by atoms with E-state index in [1.165, 1.54) is 44.9 Å². The van der Waals surface area contributed by atoms with Gasteiger partial charge < -0.3 is 14.8 Å². The monoisotopic (exact) mass is 480 g/mol. The molecule has 0 radical (unpaired) electrons. The van der Waals surface area contributed by atoms with Crippen molar-refractivity contribution >= 4 is 23.0 Å². The van der Waals surface area contributed by atoms with Crippen LogP contribution in [0.4, 0.5) is 5.69 Å². The average molecular weight is 481 g/mol. The summed E-state index contributed by atoms with van der Waals surface area (Å²) >= 11 is 5.96. The predicted octanol–water partition coefficient (Wildman–Crippen LogP) is 6.90. The summed E-state index contributed by atoms with van der Waals surface area (Å²) in [6.07, 6.45) is 1.86. The van der Waals surface area contributed by atoms with E-state index < -0.39 is 0 Å². The van der Waals surface area contributed by atoms with E-state index in [-0.39, 0.29) is 12.1 Å². The normalized spacial score (nSPS) is 17.7. The Balaban J connectivity index is 1.72. The fourth-order valence-corrected chi connectivity index (χ4v) is 5.80. The second-order valence-corrected chi connectivity index (χ2v) is 10.2. The van der Waals surface area contributed by atoms with Crippen molar-refractivity contribution in [3.05, 3.63) is 112 Å². The lowest BCUT2D eigenvalue weighted by atomic mass is 9.96. The van der Waals surface area contributed by atoms with Gasteiger partial charge in [-0.25, -0.2) is 0 Å². The molecule has 1 aliphatic rings. The SMILES string of the molecule is Cc1cc(C)cc(N2C(=S)N[C@H](c3ccccn3)[C@@H]2c2cc(C)n(-c3cc(C)ccc3C)c2C)c1. The summed E-state index contributed by atoms with van der Waals surface area (Å²) in [5, 5.41) is 4.34. The number of pyridine rings is 1. The lowest BCUT2D eigenvalue weighted by molar-refractivity contribution is 0.565. The van der Waals surface area contributed by atoms with Crippen LogP contribution in [0.15, 0.2) is 66.9 Å². The van der Waals surface area contributed by atoms with E-state index in [1.807, 2.05) is 18.3 Å². The van der Waals surface area contributed by atoms with Crippen molar-refractivity contribution < 1.29 is 0 Å². The zero-order valence-electron chi connectivity index (χ0n) is 21.3. The molecular formula is C30H32N4S. The van der Waals surface area contributed by atoms with Crippen LogP contribution >= 0.6 is 12.2 Å². The van der Waals surface area contributed by atoms with Gasteiger partial charge in [-0.1, -0.05) is 24.3 Å². The molecule has 2 atom stereocenters. The Labute approximate surface area is 213 Å². The fraction of sp³-hybridized carbons (Fsp3) is 0.267. The third kappa shape index (κ3) is 4.14. The molecule has 5 rings (SSSR count). The first-order chi connectivity index (χ1) is 16.7. The number of hydrogen-bond donors (Lipinski definition) is 1. The van der Waals surface area contributed by atoms with Gasteiger partial charge in [-0.15, -0.1) is 0 Å². The van der Waals surface area contributed by atoms with Crippen LogP contribution in [0.2, 0.25) is 0 Å². The van der Waals surface area contributed by atoms with Crippen LogP contribution in [-0.2, 0) is 0 Å². The summed E-state index contributed by atoms with van der Waals surface area (Å²) in [6, 6.07) is 21.6. The van der Waals surface area contributed by atoms with Gasteiger partial charge in [0.05, 0.1) is 17.8 Å². The second-order valence-electron chi connectivity index (χ2n) is 9.79. The van der Waals surface area contributed by atoms with Crippen molar-refractivity contribution in [1.29, 1.82) is 0 Å². The quantitative estimate of drug-likeness (QED) is 0.322. The summed E-state index contributed by atoms with van der Waals surface area (Å²) < 4.78 is 2.38. The predicted molar refractivity (Wildman–Crippen MR) is 149 cm³/mol. The molecule has 0 spiro atoms. The Kier molecular flexibility index (Phi) is 5.97. The number of nitrogens with one attached hydrogen (secondary N) is 1. The van der Waals surface area contributed by atoms with E-state index in [1.54, 1.807) is 0 Å². The van der Waals surface area contributed by atoms with Gasteiger partial charge in [-0.05, 0) is 118 Å². The first-order valence-electron chi connectivity index (χ1n) is 12.1. The summed E-state index contributed by atoms with van der Waals surface area (Å²) in [6.45, 7) is 13.0. The second kappa shape index (κ2) is 8.97. The van der Waals surface area contributed by atoms with Gasteiger partial charge in [0, 0.05) is 29.0 Å². The van der Waals surface area contributed by atoms with Gasteiger partial charge in [0.2, 0.25) is 0 Å². The van der Waals surface area contributed by atoms with Gasteiger partial charge in [0.1, 0.15) is 0 Å². The van der Waals surface area contributed by atoms with E-state index in [4.69, 9.17) is 17.2 Å². The Morgan fingerprint density at radius 2 is 1.57 bits per heavy atom. The fourth-order valence-electron chi connectivity index (χ4n) is 5.46. The molecule has 4 nitrogen and oxygen atoms in total. The minimum Gasteiger partial charge on any atom is -0.351 e. The van der Waals surface area contributed by atoms with Crippen molar-refractivity contribution in [2.75, 3.05) is 4.90 Å². The molecule has 5 heteroatoms. The minimum absolute atomic E-state index is 0.0244. The third-order valence-corrected chi connectivity index (χ3v) is 7.29. The maximum absolute atomic E-state index is 5.96. The number of nitrogens with zero attached hydrogens (tertiary/aromatic N) is 3. The minimum atomic E-state index is -0.0583. The Hall–Kier alpha value is -3.44. The Morgan fingerprint density at radius 3 is 2.26 bits per heavy atom.